The predicted octanol–water partition coefficient (Wildman–Crippen LogP) is 7.09. The molecule has 1 heterocycles. The molecule has 0 spiro atoms. The minimum atomic E-state index is -0.579. The number of allylic oxidation sites excluding steroid dienone is 1. The number of hydrogen-bond acceptors (Lipinski definition) is 7. The summed E-state index contributed by atoms with van der Waals surface area (Å²) in [6.45, 7) is 12.3. The Labute approximate surface area is 243 Å². The van der Waals surface area contributed by atoms with Crippen LogP contribution in [0.15, 0.2) is 66.7 Å². The molecule has 0 fully saturated rings. The van der Waals surface area contributed by atoms with Crippen molar-refractivity contribution in [3.05, 3.63) is 83.4 Å². The maximum absolute atomic E-state index is 12.1. The third-order valence-corrected chi connectivity index (χ3v) is 6.66. The summed E-state index contributed by atoms with van der Waals surface area (Å²) in [5, 5.41) is 3.36. The summed E-state index contributed by atoms with van der Waals surface area (Å²) in [5.74, 6) is 2.66. The largest absolute Gasteiger partial charge is 0.492 e. The molecule has 0 aromatic heterocycles. The van der Waals surface area contributed by atoms with Crippen LogP contribution in [0.2, 0.25) is 0 Å². The third-order valence-electron chi connectivity index (χ3n) is 6.66. The number of hydrogen-bond donors (Lipinski definition) is 1. The number of carbonyl (C=O) groups is 1. The maximum atomic E-state index is 12.1. The molecule has 218 valence electrons. The van der Waals surface area contributed by atoms with Gasteiger partial charge in [0.15, 0.2) is 11.5 Å². The highest BCUT2D eigenvalue weighted by Crippen LogP contribution is 2.40. The van der Waals surface area contributed by atoms with Gasteiger partial charge >= 0.3 is 5.97 Å². The summed E-state index contributed by atoms with van der Waals surface area (Å²) >= 11 is 0. The summed E-state index contributed by atoms with van der Waals surface area (Å²) in [4.78, 5) is 12.1. The zero-order valence-electron chi connectivity index (χ0n) is 24.8. The molecule has 3 aromatic carbocycles. The van der Waals surface area contributed by atoms with Gasteiger partial charge in [0.1, 0.15) is 18.1 Å². The molecule has 4 rings (SSSR count). The minimum Gasteiger partial charge on any atom is -0.492 e. The normalized spacial score (nSPS) is 13.0. The van der Waals surface area contributed by atoms with Crippen LogP contribution in [0.5, 0.6) is 23.0 Å². The Balaban J connectivity index is 1.61. The fourth-order valence-corrected chi connectivity index (χ4v) is 4.47. The van der Waals surface area contributed by atoms with Crippen molar-refractivity contribution in [1.29, 1.82) is 0 Å². The van der Waals surface area contributed by atoms with E-state index in [1.807, 2.05) is 69.3 Å². The Morgan fingerprint density at radius 1 is 0.805 bits per heavy atom. The number of carbonyl (C=O) groups excluding carboxylic acids is 1. The quantitative estimate of drug-likeness (QED) is 0.104. The van der Waals surface area contributed by atoms with Crippen molar-refractivity contribution in [3.63, 3.8) is 0 Å². The first kappa shape index (κ1) is 30.0. The lowest BCUT2D eigenvalue weighted by molar-refractivity contribution is -0.159. The summed E-state index contributed by atoms with van der Waals surface area (Å²) in [7, 11) is 0. The van der Waals surface area contributed by atoms with Gasteiger partial charge in [0.05, 0.1) is 5.41 Å². The fraction of sp³-hybridized carbons (Fsp3) is 0.382. The van der Waals surface area contributed by atoms with E-state index in [9.17, 15) is 4.79 Å². The van der Waals surface area contributed by atoms with Crippen LogP contribution in [0.1, 0.15) is 64.2 Å². The summed E-state index contributed by atoms with van der Waals surface area (Å²) in [6.07, 6.45) is 1.90. The maximum Gasteiger partial charge on any atom is 0.314 e. The first-order valence-electron chi connectivity index (χ1n) is 14.3. The number of nitrogens with one attached hydrogen (secondary N) is 1. The van der Waals surface area contributed by atoms with Gasteiger partial charge in [-0.15, -0.1) is 0 Å². The lowest BCUT2D eigenvalue weighted by Crippen LogP contribution is -2.24. The number of esters is 1. The number of rotatable bonds is 13. The molecule has 0 unspecified atom stereocenters. The molecular weight excluding hydrogens is 518 g/mol. The number of fused-ring (bicyclic) bond motifs is 1. The van der Waals surface area contributed by atoms with Gasteiger partial charge in [0, 0.05) is 6.54 Å². The minimum absolute atomic E-state index is 0.134. The van der Waals surface area contributed by atoms with Gasteiger partial charge in [-0.25, -0.2) is 0 Å². The Morgan fingerprint density at radius 3 is 2.02 bits per heavy atom. The first-order chi connectivity index (χ1) is 19.8. The van der Waals surface area contributed by atoms with Crippen LogP contribution < -0.4 is 24.3 Å². The van der Waals surface area contributed by atoms with Crippen molar-refractivity contribution in [2.75, 3.05) is 33.3 Å². The van der Waals surface area contributed by atoms with Crippen LogP contribution in [0.4, 0.5) is 0 Å². The molecule has 0 saturated carbocycles. The Morgan fingerprint density at radius 2 is 1.41 bits per heavy atom. The molecule has 0 amide bonds. The molecular formula is C34H41NO6. The average molecular weight is 560 g/mol. The molecule has 0 aliphatic carbocycles. The molecule has 0 radical (unpaired) electrons. The van der Waals surface area contributed by atoms with Crippen LogP contribution in [0, 0.1) is 5.41 Å². The lowest BCUT2D eigenvalue weighted by atomic mass is 9.88. The van der Waals surface area contributed by atoms with Crippen LogP contribution in [0.25, 0.3) is 11.1 Å². The van der Waals surface area contributed by atoms with E-state index in [4.69, 9.17) is 23.7 Å². The fourth-order valence-electron chi connectivity index (χ4n) is 4.47. The second-order valence-electron chi connectivity index (χ2n) is 10.9. The van der Waals surface area contributed by atoms with Crippen LogP contribution in [-0.4, -0.2) is 39.3 Å². The Kier molecular flexibility index (Phi) is 10.3. The van der Waals surface area contributed by atoms with E-state index in [-0.39, 0.29) is 19.6 Å². The molecule has 7 heteroatoms. The Hall–Kier alpha value is -3.97. The van der Waals surface area contributed by atoms with Gasteiger partial charge in [-0.05, 0) is 104 Å². The summed E-state index contributed by atoms with van der Waals surface area (Å²) < 4.78 is 28.1. The molecule has 41 heavy (non-hydrogen) atoms. The van der Waals surface area contributed by atoms with Crippen molar-refractivity contribution < 1.29 is 28.5 Å². The number of benzene rings is 3. The van der Waals surface area contributed by atoms with Crippen molar-refractivity contribution in [1.82, 2.24) is 5.32 Å². The summed E-state index contributed by atoms with van der Waals surface area (Å²) in [5.41, 5.74) is 4.88. The van der Waals surface area contributed by atoms with Crippen LogP contribution in [-0.2, 0) is 9.53 Å². The van der Waals surface area contributed by atoms with Crippen molar-refractivity contribution in [3.8, 4) is 23.0 Å². The SMILES string of the molecule is CCCNCCOc1ccc(C(=C(CC)c2ccc3c(c2)OCO3)c2ccc(OCOC(=O)C(C)(C)C)cc2)cc1. The molecule has 1 aliphatic rings. The van der Waals surface area contributed by atoms with E-state index in [0.717, 1.165) is 65.4 Å². The smallest absolute Gasteiger partial charge is 0.314 e. The van der Waals surface area contributed by atoms with Gasteiger partial charge < -0.3 is 29.0 Å². The second-order valence-corrected chi connectivity index (χ2v) is 10.9. The van der Waals surface area contributed by atoms with Crippen molar-refractivity contribution >= 4 is 17.1 Å². The van der Waals surface area contributed by atoms with Gasteiger partial charge in [0.25, 0.3) is 0 Å². The monoisotopic (exact) mass is 559 g/mol. The highest BCUT2D eigenvalue weighted by atomic mass is 16.7. The lowest BCUT2D eigenvalue weighted by Gasteiger charge is -2.18. The van der Waals surface area contributed by atoms with Gasteiger partial charge in [-0.3, -0.25) is 4.79 Å². The third kappa shape index (κ3) is 8.04. The highest BCUT2D eigenvalue weighted by Gasteiger charge is 2.23. The van der Waals surface area contributed by atoms with E-state index in [1.165, 1.54) is 5.57 Å². The predicted molar refractivity (Wildman–Crippen MR) is 161 cm³/mol. The second kappa shape index (κ2) is 14.1. The van der Waals surface area contributed by atoms with Crippen LogP contribution >= 0.6 is 0 Å². The molecule has 7 nitrogen and oxygen atoms in total. The molecule has 1 aliphatic heterocycles. The molecule has 1 N–H and O–H groups in total. The van der Waals surface area contributed by atoms with Gasteiger partial charge in [-0.2, -0.15) is 0 Å². The standard InChI is InChI=1S/C34H41NO6/c1-6-18-35-19-20-37-27-13-8-24(9-14-27)32(29(7-2)26-12-17-30-31(21-26)40-23-39-30)25-10-15-28(16-11-25)38-22-41-33(36)34(3,4)5/h8-17,21,35H,6-7,18-20,22-23H2,1-5H3. The zero-order chi connectivity index (χ0) is 29.2. The molecule has 0 saturated heterocycles. The van der Waals surface area contributed by atoms with E-state index in [2.05, 4.69) is 37.4 Å². The van der Waals surface area contributed by atoms with E-state index >= 15 is 0 Å². The highest BCUT2D eigenvalue weighted by molar-refractivity contribution is 5.99. The average Bonchev–Trinajstić information content (AvgIpc) is 3.44. The van der Waals surface area contributed by atoms with E-state index in [0.29, 0.717) is 12.4 Å². The number of ether oxygens (including phenoxy) is 5. The van der Waals surface area contributed by atoms with Gasteiger partial charge in [-0.1, -0.05) is 44.2 Å². The topological polar surface area (TPSA) is 75.2 Å². The Bertz CT molecular complexity index is 1320. The van der Waals surface area contributed by atoms with Crippen LogP contribution in [0.3, 0.4) is 0 Å². The van der Waals surface area contributed by atoms with Gasteiger partial charge in [0.2, 0.25) is 13.6 Å². The zero-order valence-corrected chi connectivity index (χ0v) is 24.8. The van der Waals surface area contributed by atoms with Crippen molar-refractivity contribution in [2.24, 2.45) is 5.41 Å². The summed E-state index contributed by atoms with van der Waals surface area (Å²) in [6, 6.07) is 22.2. The molecule has 0 atom stereocenters. The van der Waals surface area contributed by atoms with E-state index < -0.39 is 5.41 Å². The van der Waals surface area contributed by atoms with E-state index in [1.54, 1.807) is 0 Å². The first-order valence-corrected chi connectivity index (χ1v) is 14.3. The van der Waals surface area contributed by atoms with Crippen molar-refractivity contribution in [2.45, 2.75) is 47.5 Å². The molecule has 0 bridgehead atoms. The molecule has 3 aromatic rings.